The van der Waals surface area contributed by atoms with Crippen LogP contribution < -0.4 is 10.1 Å². The summed E-state index contributed by atoms with van der Waals surface area (Å²) in [6, 6.07) is 6.86. The highest BCUT2D eigenvalue weighted by molar-refractivity contribution is 9.10. The Morgan fingerprint density at radius 3 is 2.79 bits per heavy atom. The Kier molecular flexibility index (Phi) is 4.57. The molecule has 2 heterocycles. The molecule has 0 aliphatic rings. The fourth-order valence-electron chi connectivity index (χ4n) is 2.16. The Morgan fingerprint density at radius 2 is 2.08 bits per heavy atom. The number of methoxy groups -OCH3 is 1. The van der Waals surface area contributed by atoms with E-state index in [4.69, 9.17) is 4.74 Å². The van der Waals surface area contributed by atoms with Crippen LogP contribution in [-0.4, -0.2) is 32.5 Å². The van der Waals surface area contributed by atoms with E-state index in [1.54, 1.807) is 48.3 Å². The molecule has 0 unspecified atom stereocenters. The molecule has 1 amide bonds. The lowest BCUT2D eigenvalue weighted by atomic mass is 10.2. The van der Waals surface area contributed by atoms with E-state index in [1.165, 1.54) is 6.33 Å². The number of hydrogen-bond acceptors (Lipinski definition) is 5. The highest BCUT2D eigenvalue weighted by Gasteiger charge is 2.13. The number of carbonyl (C=O) groups is 1. The number of carbonyl (C=O) groups excluding carboxylic acids is 1. The van der Waals surface area contributed by atoms with Gasteiger partial charge in [0.25, 0.3) is 5.91 Å². The zero-order chi connectivity index (χ0) is 17.1. The zero-order valence-electron chi connectivity index (χ0n) is 13.0. The summed E-state index contributed by atoms with van der Waals surface area (Å²) in [5, 5.41) is 2.76. The maximum atomic E-state index is 12.5. The number of nitrogens with one attached hydrogen (secondary N) is 1. The van der Waals surface area contributed by atoms with E-state index in [-0.39, 0.29) is 5.91 Å². The van der Waals surface area contributed by atoms with Crippen molar-refractivity contribution in [2.24, 2.45) is 0 Å². The maximum Gasteiger partial charge on any atom is 0.258 e. The number of hydrogen-bond donors (Lipinski definition) is 1. The van der Waals surface area contributed by atoms with E-state index < -0.39 is 0 Å². The standard InChI is InChI=1S/C16H14BrN5O2/c1-10-18-5-6-22(10)15-8-14(19-9-20-15)21-16(23)12-7-11(24-2)3-4-13(12)17/h3-9H,1-2H3,(H,19,20,21,23). The van der Waals surface area contributed by atoms with Crippen molar-refractivity contribution in [2.75, 3.05) is 12.4 Å². The number of halogens is 1. The molecule has 1 aromatic carbocycles. The molecule has 7 nitrogen and oxygen atoms in total. The van der Waals surface area contributed by atoms with Gasteiger partial charge in [-0.25, -0.2) is 15.0 Å². The molecule has 8 heteroatoms. The molecule has 0 fully saturated rings. The van der Waals surface area contributed by atoms with Gasteiger partial charge in [-0.15, -0.1) is 0 Å². The van der Waals surface area contributed by atoms with Gasteiger partial charge in [-0.05, 0) is 41.1 Å². The Bertz CT molecular complexity index is 894. The summed E-state index contributed by atoms with van der Waals surface area (Å²) >= 11 is 3.37. The molecule has 2 aromatic heterocycles. The highest BCUT2D eigenvalue weighted by atomic mass is 79.9. The molecule has 3 rings (SSSR count). The molecule has 0 radical (unpaired) electrons. The van der Waals surface area contributed by atoms with Crippen LogP contribution in [-0.2, 0) is 0 Å². The molecule has 0 aliphatic carbocycles. The highest BCUT2D eigenvalue weighted by Crippen LogP contribution is 2.23. The predicted molar refractivity (Wildman–Crippen MR) is 92.5 cm³/mol. The first-order chi connectivity index (χ1) is 11.6. The van der Waals surface area contributed by atoms with Crippen molar-refractivity contribution in [1.29, 1.82) is 0 Å². The molecule has 0 aliphatic heterocycles. The van der Waals surface area contributed by atoms with E-state index in [9.17, 15) is 4.79 Å². The Morgan fingerprint density at radius 1 is 1.25 bits per heavy atom. The van der Waals surface area contributed by atoms with Gasteiger partial charge in [0.05, 0.1) is 12.7 Å². The number of nitrogens with zero attached hydrogens (tertiary/aromatic N) is 4. The van der Waals surface area contributed by atoms with Crippen LogP contribution in [0.1, 0.15) is 16.2 Å². The minimum absolute atomic E-state index is 0.298. The zero-order valence-corrected chi connectivity index (χ0v) is 14.6. The number of anilines is 1. The monoisotopic (exact) mass is 387 g/mol. The van der Waals surface area contributed by atoms with Crippen LogP contribution in [0, 0.1) is 6.92 Å². The predicted octanol–water partition coefficient (Wildman–Crippen LogP) is 2.99. The van der Waals surface area contributed by atoms with E-state index in [0.29, 0.717) is 27.4 Å². The van der Waals surface area contributed by atoms with Gasteiger partial charge >= 0.3 is 0 Å². The lowest BCUT2D eigenvalue weighted by molar-refractivity contribution is 0.102. The minimum Gasteiger partial charge on any atom is -0.497 e. The maximum absolute atomic E-state index is 12.5. The van der Waals surface area contributed by atoms with Crippen molar-refractivity contribution in [3.8, 4) is 11.6 Å². The topological polar surface area (TPSA) is 81.9 Å². The molecule has 1 N–H and O–H groups in total. The molecular weight excluding hydrogens is 374 g/mol. The fraction of sp³-hybridized carbons (Fsp3) is 0.125. The average Bonchev–Trinajstić information content (AvgIpc) is 3.01. The van der Waals surface area contributed by atoms with Crippen LogP contribution in [0.15, 0.2) is 47.5 Å². The molecule has 122 valence electrons. The second kappa shape index (κ2) is 6.79. The third-order valence-electron chi connectivity index (χ3n) is 3.38. The number of aryl methyl sites for hydroxylation is 1. The van der Waals surface area contributed by atoms with Crippen molar-refractivity contribution >= 4 is 27.7 Å². The lowest BCUT2D eigenvalue weighted by Crippen LogP contribution is -2.14. The number of imidazole rings is 1. The second-order valence-electron chi connectivity index (χ2n) is 4.91. The molecule has 0 bridgehead atoms. The largest absolute Gasteiger partial charge is 0.497 e. The van der Waals surface area contributed by atoms with Crippen molar-refractivity contribution in [2.45, 2.75) is 6.92 Å². The number of amides is 1. The second-order valence-corrected chi connectivity index (χ2v) is 5.76. The molecule has 0 atom stereocenters. The third kappa shape index (κ3) is 3.28. The smallest absolute Gasteiger partial charge is 0.258 e. The van der Waals surface area contributed by atoms with Crippen LogP contribution >= 0.6 is 15.9 Å². The first-order valence-electron chi connectivity index (χ1n) is 7.06. The van der Waals surface area contributed by atoms with E-state index in [1.807, 2.05) is 6.92 Å². The summed E-state index contributed by atoms with van der Waals surface area (Å²) in [6.45, 7) is 1.87. The normalized spacial score (nSPS) is 10.5. The first kappa shape index (κ1) is 16.1. The van der Waals surface area contributed by atoms with Crippen LogP contribution in [0.4, 0.5) is 5.82 Å². The van der Waals surface area contributed by atoms with Gasteiger partial charge in [-0.2, -0.15) is 0 Å². The first-order valence-corrected chi connectivity index (χ1v) is 7.85. The summed E-state index contributed by atoms with van der Waals surface area (Å²) in [5.74, 6) is 2.11. The quantitative estimate of drug-likeness (QED) is 0.743. The van der Waals surface area contributed by atoms with Crippen LogP contribution in [0.25, 0.3) is 5.82 Å². The van der Waals surface area contributed by atoms with Crippen molar-refractivity contribution in [3.63, 3.8) is 0 Å². The Labute approximate surface area is 146 Å². The average molecular weight is 388 g/mol. The fourth-order valence-corrected chi connectivity index (χ4v) is 2.58. The lowest BCUT2D eigenvalue weighted by Gasteiger charge is -2.09. The van der Waals surface area contributed by atoms with Crippen molar-refractivity contribution in [1.82, 2.24) is 19.5 Å². The van der Waals surface area contributed by atoms with Gasteiger partial charge in [0.1, 0.15) is 29.5 Å². The van der Waals surface area contributed by atoms with Crippen molar-refractivity contribution < 1.29 is 9.53 Å². The van der Waals surface area contributed by atoms with E-state index in [2.05, 4.69) is 36.2 Å². The van der Waals surface area contributed by atoms with Gasteiger partial charge in [0.15, 0.2) is 0 Å². The molecule has 0 spiro atoms. The summed E-state index contributed by atoms with van der Waals surface area (Å²) in [7, 11) is 1.55. The molecular formula is C16H14BrN5O2. The Hall–Kier alpha value is -2.74. The number of aromatic nitrogens is 4. The number of ether oxygens (including phenoxy) is 1. The summed E-state index contributed by atoms with van der Waals surface area (Å²) in [6.07, 6.45) is 4.87. The van der Waals surface area contributed by atoms with Crippen LogP contribution in [0.5, 0.6) is 5.75 Å². The van der Waals surface area contributed by atoms with Gasteiger partial charge in [0, 0.05) is 22.9 Å². The van der Waals surface area contributed by atoms with Gasteiger partial charge in [-0.1, -0.05) is 0 Å². The minimum atomic E-state index is -0.298. The van der Waals surface area contributed by atoms with E-state index in [0.717, 1.165) is 5.82 Å². The summed E-state index contributed by atoms with van der Waals surface area (Å²) < 4.78 is 7.63. The number of rotatable bonds is 4. The van der Waals surface area contributed by atoms with Crippen LogP contribution in [0.3, 0.4) is 0 Å². The Balaban J connectivity index is 1.86. The van der Waals surface area contributed by atoms with Gasteiger partial charge in [-0.3, -0.25) is 9.36 Å². The summed E-state index contributed by atoms with van der Waals surface area (Å²) in [4.78, 5) is 24.9. The SMILES string of the molecule is COc1ccc(Br)c(C(=O)Nc2cc(-n3ccnc3C)ncn2)c1. The van der Waals surface area contributed by atoms with Gasteiger partial charge < -0.3 is 10.1 Å². The number of benzene rings is 1. The molecule has 0 saturated heterocycles. The molecule has 0 saturated carbocycles. The molecule has 3 aromatic rings. The molecule has 24 heavy (non-hydrogen) atoms. The van der Waals surface area contributed by atoms with Crippen LogP contribution in [0.2, 0.25) is 0 Å². The summed E-state index contributed by atoms with van der Waals surface area (Å²) in [5.41, 5.74) is 0.452. The van der Waals surface area contributed by atoms with Gasteiger partial charge in [0.2, 0.25) is 0 Å². The van der Waals surface area contributed by atoms with E-state index >= 15 is 0 Å². The third-order valence-corrected chi connectivity index (χ3v) is 4.08. The van der Waals surface area contributed by atoms with Crippen molar-refractivity contribution in [3.05, 3.63) is 58.8 Å².